The highest BCUT2D eigenvalue weighted by atomic mass is 79.9. The first-order chi connectivity index (χ1) is 9.40. The zero-order valence-corrected chi connectivity index (χ0v) is 12.1. The number of rotatable bonds is 2. The van der Waals surface area contributed by atoms with Crippen molar-refractivity contribution in [1.82, 2.24) is 0 Å². The van der Waals surface area contributed by atoms with Gasteiger partial charge >= 0.3 is 0 Å². The third kappa shape index (κ3) is 2.80. The Morgan fingerprint density at radius 1 is 1.25 bits per heavy atom. The van der Waals surface area contributed by atoms with Crippen LogP contribution < -0.4 is 11.1 Å². The maximum atomic E-state index is 13.5. The number of carbonyl (C=O) groups excluding carboxylic acids is 1. The molecule has 0 fully saturated rings. The molecule has 0 unspecified atom stereocenters. The monoisotopic (exact) mass is 340 g/mol. The number of amides is 1. The number of aryl methyl sites for hydroxylation is 1. The standard InChI is InChI=1S/C14H11BrF2N2O/c1-7-5-8(15)12(6-11(7)18)19-14(20)13-9(16)3-2-4-10(13)17/h2-6H,18H2,1H3,(H,19,20). The zero-order chi connectivity index (χ0) is 14.9. The fourth-order valence-corrected chi connectivity index (χ4v) is 2.24. The van der Waals surface area contributed by atoms with E-state index in [0.29, 0.717) is 15.8 Å². The Kier molecular flexibility index (Phi) is 4.04. The lowest BCUT2D eigenvalue weighted by Crippen LogP contribution is -2.16. The van der Waals surface area contributed by atoms with Gasteiger partial charge in [0, 0.05) is 10.2 Å². The normalized spacial score (nSPS) is 10.4. The minimum Gasteiger partial charge on any atom is -0.398 e. The van der Waals surface area contributed by atoms with Crippen LogP contribution in [0.1, 0.15) is 15.9 Å². The molecule has 2 rings (SSSR count). The topological polar surface area (TPSA) is 55.1 Å². The first-order valence-electron chi connectivity index (χ1n) is 5.71. The molecule has 0 radical (unpaired) electrons. The van der Waals surface area contributed by atoms with Crippen LogP contribution in [0.3, 0.4) is 0 Å². The van der Waals surface area contributed by atoms with E-state index in [2.05, 4.69) is 21.2 Å². The maximum Gasteiger partial charge on any atom is 0.261 e. The molecule has 0 aromatic heterocycles. The SMILES string of the molecule is Cc1cc(Br)c(NC(=O)c2c(F)cccc2F)cc1N. The lowest BCUT2D eigenvalue weighted by atomic mass is 10.1. The third-order valence-electron chi connectivity index (χ3n) is 2.79. The molecular weight excluding hydrogens is 330 g/mol. The molecular formula is C14H11BrF2N2O. The van der Waals surface area contributed by atoms with E-state index in [1.54, 1.807) is 6.07 Å². The zero-order valence-electron chi connectivity index (χ0n) is 10.5. The molecule has 104 valence electrons. The highest BCUT2D eigenvalue weighted by Gasteiger charge is 2.18. The summed E-state index contributed by atoms with van der Waals surface area (Å²) in [6.07, 6.45) is 0. The van der Waals surface area contributed by atoms with E-state index >= 15 is 0 Å². The molecule has 0 heterocycles. The van der Waals surface area contributed by atoms with Gasteiger partial charge < -0.3 is 11.1 Å². The largest absolute Gasteiger partial charge is 0.398 e. The molecule has 0 bridgehead atoms. The van der Waals surface area contributed by atoms with Gasteiger partial charge in [-0.1, -0.05) is 6.07 Å². The third-order valence-corrected chi connectivity index (χ3v) is 3.45. The first-order valence-corrected chi connectivity index (χ1v) is 6.50. The lowest BCUT2D eigenvalue weighted by molar-refractivity contribution is 0.101. The van der Waals surface area contributed by atoms with Crippen LogP contribution in [0.5, 0.6) is 0 Å². The summed E-state index contributed by atoms with van der Waals surface area (Å²) in [5.41, 5.74) is 6.76. The molecule has 2 aromatic carbocycles. The van der Waals surface area contributed by atoms with Gasteiger partial charge in [-0.15, -0.1) is 0 Å². The number of nitrogens with one attached hydrogen (secondary N) is 1. The van der Waals surface area contributed by atoms with Gasteiger partial charge in [0.1, 0.15) is 17.2 Å². The number of halogens is 3. The summed E-state index contributed by atoms with van der Waals surface area (Å²) in [6.45, 7) is 1.81. The van der Waals surface area contributed by atoms with Gasteiger partial charge in [-0.2, -0.15) is 0 Å². The van der Waals surface area contributed by atoms with E-state index in [9.17, 15) is 13.6 Å². The van der Waals surface area contributed by atoms with Gasteiger partial charge in [0.2, 0.25) is 0 Å². The summed E-state index contributed by atoms with van der Waals surface area (Å²) in [7, 11) is 0. The average Bonchev–Trinajstić information content (AvgIpc) is 2.35. The van der Waals surface area contributed by atoms with Gasteiger partial charge in [0.05, 0.1) is 5.69 Å². The van der Waals surface area contributed by atoms with Crippen LogP contribution in [-0.2, 0) is 0 Å². The van der Waals surface area contributed by atoms with E-state index in [-0.39, 0.29) is 0 Å². The second-order valence-corrected chi connectivity index (χ2v) is 5.09. The number of nitrogen functional groups attached to an aromatic ring is 1. The van der Waals surface area contributed by atoms with Crippen molar-refractivity contribution in [2.75, 3.05) is 11.1 Å². The Morgan fingerprint density at radius 3 is 2.45 bits per heavy atom. The molecule has 3 nitrogen and oxygen atoms in total. The lowest BCUT2D eigenvalue weighted by Gasteiger charge is -2.11. The number of hydrogen-bond acceptors (Lipinski definition) is 2. The van der Waals surface area contributed by atoms with Crippen molar-refractivity contribution in [3.05, 3.63) is 57.6 Å². The number of hydrogen-bond donors (Lipinski definition) is 2. The molecule has 6 heteroatoms. The number of carbonyl (C=O) groups is 1. The average molecular weight is 341 g/mol. The second kappa shape index (κ2) is 5.58. The van der Waals surface area contributed by atoms with Crippen molar-refractivity contribution in [3.8, 4) is 0 Å². The fraction of sp³-hybridized carbons (Fsp3) is 0.0714. The Hall–Kier alpha value is -1.95. The highest BCUT2D eigenvalue weighted by Crippen LogP contribution is 2.28. The summed E-state index contributed by atoms with van der Waals surface area (Å²) in [5, 5.41) is 2.43. The molecule has 0 atom stereocenters. The van der Waals surface area contributed by atoms with Crippen molar-refractivity contribution >= 4 is 33.2 Å². The van der Waals surface area contributed by atoms with Crippen LogP contribution >= 0.6 is 15.9 Å². The van der Waals surface area contributed by atoms with E-state index in [1.807, 2.05) is 6.92 Å². The number of nitrogens with two attached hydrogens (primary N) is 1. The van der Waals surface area contributed by atoms with Crippen LogP contribution in [0.15, 0.2) is 34.8 Å². The highest BCUT2D eigenvalue weighted by molar-refractivity contribution is 9.10. The molecule has 20 heavy (non-hydrogen) atoms. The summed E-state index contributed by atoms with van der Waals surface area (Å²) >= 11 is 3.26. The molecule has 0 aliphatic rings. The van der Waals surface area contributed by atoms with Gasteiger partial charge in [0.15, 0.2) is 0 Å². The van der Waals surface area contributed by atoms with Gasteiger partial charge in [0.25, 0.3) is 5.91 Å². The number of anilines is 2. The summed E-state index contributed by atoms with van der Waals surface area (Å²) in [4.78, 5) is 12.0. The van der Waals surface area contributed by atoms with Gasteiger partial charge in [-0.05, 0) is 52.7 Å². The molecule has 3 N–H and O–H groups in total. The molecule has 0 saturated heterocycles. The van der Waals surface area contributed by atoms with Crippen molar-refractivity contribution < 1.29 is 13.6 Å². The molecule has 0 aliphatic carbocycles. The van der Waals surface area contributed by atoms with E-state index < -0.39 is 23.1 Å². The Bertz CT molecular complexity index is 669. The van der Waals surface area contributed by atoms with Crippen molar-refractivity contribution in [1.29, 1.82) is 0 Å². The van der Waals surface area contributed by atoms with Crippen molar-refractivity contribution in [2.45, 2.75) is 6.92 Å². The summed E-state index contributed by atoms with van der Waals surface area (Å²) in [5.74, 6) is -2.71. The van der Waals surface area contributed by atoms with Crippen LogP contribution in [0.25, 0.3) is 0 Å². The van der Waals surface area contributed by atoms with Crippen molar-refractivity contribution in [2.24, 2.45) is 0 Å². The van der Waals surface area contributed by atoms with Crippen LogP contribution in [0.4, 0.5) is 20.2 Å². The van der Waals surface area contributed by atoms with Crippen LogP contribution in [0, 0.1) is 18.6 Å². The van der Waals surface area contributed by atoms with E-state index in [4.69, 9.17) is 5.73 Å². The van der Waals surface area contributed by atoms with Crippen LogP contribution in [-0.4, -0.2) is 5.91 Å². The minimum absolute atomic E-state index is 0.348. The quantitative estimate of drug-likeness (QED) is 0.815. The summed E-state index contributed by atoms with van der Waals surface area (Å²) in [6, 6.07) is 6.48. The second-order valence-electron chi connectivity index (χ2n) is 4.24. The molecule has 2 aromatic rings. The van der Waals surface area contributed by atoms with Crippen LogP contribution in [0.2, 0.25) is 0 Å². The predicted octanol–water partition coefficient (Wildman–Crippen LogP) is 3.87. The Morgan fingerprint density at radius 2 is 1.85 bits per heavy atom. The first kappa shape index (κ1) is 14.5. The Balaban J connectivity index is 2.35. The van der Waals surface area contributed by atoms with Gasteiger partial charge in [-0.25, -0.2) is 8.78 Å². The molecule has 0 aliphatic heterocycles. The van der Waals surface area contributed by atoms with Gasteiger partial charge in [-0.3, -0.25) is 4.79 Å². The Labute approximate surface area is 122 Å². The molecule has 0 saturated carbocycles. The summed E-state index contributed by atoms with van der Waals surface area (Å²) < 4.78 is 27.6. The molecule has 1 amide bonds. The van der Waals surface area contributed by atoms with E-state index in [0.717, 1.165) is 17.7 Å². The minimum atomic E-state index is -0.918. The fourth-order valence-electron chi connectivity index (χ4n) is 1.68. The predicted molar refractivity (Wildman–Crippen MR) is 77.6 cm³/mol. The molecule has 0 spiro atoms. The van der Waals surface area contributed by atoms with Crippen molar-refractivity contribution in [3.63, 3.8) is 0 Å². The maximum absolute atomic E-state index is 13.5. The number of benzene rings is 2. The van der Waals surface area contributed by atoms with E-state index in [1.165, 1.54) is 12.1 Å². The smallest absolute Gasteiger partial charge is 0.261 e.